The largest absolute Gasteiger partial charge is 0.494 e. The van der Waals surface area contributed by atoms with E-state index in [1.165, 1.54) is 4.90 Å². The van der Waals surface area contributed by atoms with Gasteiger partial charge in [-0.1, -0.05) is 12.1 Å². The van der Waals surface area contributed by atoms with Crippen LogP contribution >= 0.6 is 0 Å². The number of hydrogen-bond donors (Lipinski definition) is 2. The molecule has 1 atom stereocenters. The number of nitrogens with zero attached hydrogens (tertiary/aromatic N) is 1. The van der Waals surface area contributed by atoms with Gasteiger partial charge in [0.05, 0.1) is 26.4 Å². The summed E-state index contributed by atoms with van der Waals surface area (Å²) in [5.41, 5.74) is 4.97. The standard InChI is InChI=1S/C16H23N3O4/c1-3-23-13-6-4-12(5-7-13)16(2)14(20)19(15(21)18-16)9-11-22-10-8-17/h4-7H,3,8-11,17H2,1-2H3,(H,18,21). The molecule has 0 spiro atoms. The van der Waals surface area contributed by atoms with Crippen molar-refractivity contribution in [3.05, 3.63) is 29.8 Å². The Labute approximate surface area is 135 Å². The number of carbonyl (C=O) groups is 2. The molecule has 0 aromatic heterocycles. The first-order valence-electron chi connectivity index (χ1n) is 7.68. The first kappa shape index (κ1) is 17.2. The second-order valence-electron chi connectivity index (χ2n) is 5.37. The van der Waals surface area contributed by atoms with Gasteiger partial charge in [-0.05, 0) is 31.5 Å². The van der Waals surface area contributed by atoms with E-state index in [0.29, 0.717) is 25.3 Å². The topological polar surface area (TPSA) is 93.9 Å². The average Bonchev–Trinajstić information content (AvgIpc) is 2.76. The van der Waals surface area contributed by atoms with Crippen molar-refractivity contribution in [2.45, 2.75) is 19.4 Å². The summed E-state index contributed by atoms with van der Waals surface area (Å²) < 4.78 is 10.6. The van der Waals surface area contributed by atoms with Crippen molar-refractivity contribution < 1.29 is 19.1 Å². The van der Waals surface area contributed by atoms with Crippen molar-refractivity contribution in [3.63, 3.8) is 0 Å². The molecule has 1 aromatic rings. The summed E-state index contributed by atoms with van der Waals surface area (Å²) in [6, 6.07) is 6.74. The lowest BCUT2D eigenvalue weighted by molar-refractivity contribution is -0.131. The fraction of sp³-hybridized carbons (Fsp3) is 0.500. The molecule has 1 aliphatic rings. The number of rotatable bonds is 8. The molecule has 1 heterocycles. The summed E-state index contributed by atoms with van der Waals surface area (Å²) in [4.78, 5) is 25.9. The Morgan fingerprint density at radius 3 is 2.52 bits per heavy atom. The molecule has 1 unspecified atom stereocenters. The van der Waals surface area contributed by atoms with Crippen LogP contribution in [0.4, 0.5) is 4.79 Å². The molecule has 0 aliphatic carbocycles. The summed E-state index contributed by atoms with van der Waals surface area (Å²) >= 11 is 0. The second-order valence-corrected chi connectivity index (χ2v) is 5.37. The van der Waals surface area contributed by atoms with E-state index in [-0.39, 0.29) is 19.1 Å². The lowest BCUT2D eigenvalue weighted by atomic mass is 9.92. The van der Waals surface area contributed by atoms with Gasteiger partial charge in [-0.2, -0.15) is 0 Å². The molecule has 0 saturated carbocycles. The highest BCUT2D eigenvalue weighted by molar-refractivity contribution is 6.07. The van der Waals surface area contributed by atoms with Crippen LogP contribution in [-0.2, 0) is 15.1 Å². The summed E-state index contributed by atoms with van der Waals surface area (Å²) in [5.74, 6) is 0.437. The maximum absolute atomic E-state index is 12.6. The van der Waals surface area contributed by atoms with E-state index in [9.17, 15) is 9.59 Å². The Morgan fingerprint density at radius 1 is 1.22 bits per heavy atom. The van der Waals surface area contributed by atoms with E-state index in [4.69, 9.17) is 15.2 Å². The van der Waals surface area contributed by atoms with Crippen molar-refractivity contribution >= 4 is 11.9 Å². The molecule has 1 saturated heterocycles. The Morgan fingerprint density at radius 2 is 1.91 bits per heavy atom. The number of ether oxygens (including phenoxy) is 2. The molecule has 1 fully saturated rings. The normalized spacial score (nSPS) is 20.7. The van der Waals surface area contributed by atoms with Gasteiger partial charge in [0.2, 0.25) is 0 Å². The van der Waals surface area contributed by atoms with E-state index in [1.807, 2.05) is 6.92 Å². The van der Waals surface area contributed by atoms with Crippen LogP contribution in [0.3, 0.4) is 0 Å². The van der Waals surface area contributed by atoms with Crippen LogP contribution in [0.25, 0.3) is 0 Å². The predicted molar refractivity (Wildman–Crippen MR) is 85.1 cm³/mol. The number of carbonyl (C=O) groups excluding carboxylic acids is 2. The molecule has 7 heteroatoms. The molecular formula is C16H23N3O4. The first-order chi connectivity index (χ1) is 11.0. The Hall–Kier alpha value is -2.12. The van der Waals surface area contributed by atoms with Gasteiger partial charge in [0.1, 0.15) is 11.3 Å². The van der Waals surface area contributed by atoms with Gasteiger partial charge >= 0.3 is 6.03 Å². The second kappa shape index (κ2) is 7.43. The number of nitrogens with one attached hydrogen (secondary N) is 1. The highest BCUT2D eigenvalue weighted by atomic mass is 16.5. The molecule has 2 rings (SSSR count). The molecule has 1 aromatic carbocycles. The van der Waals surface area contributed by atoms with Crippen molar-refractivity contribution in [3.8, 4) is 5.75 Å². The van der Waals surface area contributed by atoms with Gasteiger partial charge in [-0.3, -0.25) is 9.69 Å². The number of hydrogen-bond acceptors (Lipinski definition) is 5. The Balaban J connectivity index is 2.09. The van der Waals surface area contributed by atoms with Gasteiger partial charge in [0, 0.05) is 6.54 Å². The minimum atomic E-state index is -1.07. The Bertz CT molecular complexity index is 561. The zero-order valence-corrected chi connectivity index (χ0v) is 13.5. The summed E-state index contributed by atoms with van der Waals surface area (Å²) in [7, 11) is 0. The lowest BCUT2D eigenvalue weighted by Crippen LogP contribution is -2.41. The number of urea groups is 1. The quantitative estimate of drug-likeness (QED) is 0.546. The number of imide groups is 1. The van der Waals surface area contributed by atoms with E-state index in [1.54, 1.807) is 31.2 Å². The Kier molecular flexibility index (Phi) is 5.57. The third-order valence-corrected chi connectivity index (χ3v) is 3.74. The monoisotopic (exact) mass is 321 g/mol. The zero-order valence-electron chi connectivity index (χ0n) is 13.5. The van der Waals surface area contributed by atoms with Crippen LogP contribution in [0.5, 0.6) is 5.75 Å². The van der Waals surface area contributed by atoms with Crippen molar-refractivity contribution in [2.75, 3.05) is 32.9 Å². The molecular weight excluding hydrogens is 298 g/mol. The van der Waals surface area contributed by atoms with Gasteiger partial charge in [0.25, 0.3) is 5.91 Å². The number of amides is 3. The van der Waals surface area contributed by atoms with Gasteiger partial charge < -0.3 is 20.5 Å². The number of nitrogens with two attached hydrogens (primary N) is 1. The highest BCUT2D eigenvalue weighted by Crippen LogP contribution is 2.29. The fourth-order valence-electron chi connectivity index (χ4n) is 2.49. The van der Waals surface area contributed by atoms with Gasteiger partial charge in [-0.15, -0.1) is 0 Å². The van der Waals surface area contributed by atoms with E-state index < -0.39 is 11.6 Å². The molecule has 3 N–H and O–H groups in total. The zero-order chi connectivity index (χ0) is 16.9. The molecule has 126 valence electrons. The smallest absolute Gasteiger partial charge is 0.325 e. The van der Waals surface area contributed by atoms with Crippen LogP contribution in [0.1, 0.15) is 19.4 Å². The molecule has 23 heavy (non-hydrogen) atoms. The molecule has 7 nitrogen and oxygen atoms in total. The van der Waals surface area contributed by atoms with Crippen LogP contribution < -0.4 is 15.8 Å². The van der Waals surface area contributed by atoms with Crippen molar-refractivity contribution in [1.29, 1.82) is 0 Å². The molecule has 0 bridgehead atoms. The highest BCUT2D eigenvalue weighted by Gasteiger charge is 2.48. The minimum absolute atomic E-state index is 0.206. The van der Waals surface area contributed by atoms with Crippen LogP contribution in [-0.4, -0.2) is 49.7 Å². The van der Waals surface area contributed by atoms with Crippen LogP contribution in [0.15, 0.2) is 24.3 Å². The molecule has 0 radical (unpaired) electrons. The third-order valence-electron chi connectivity index (χ3n) is 3.74. The predicted octanol–water partition coefficient (Wildman–Crippen LogP) is 0.828. The van der Waals surface area contributed by atoms with Crippen LogP contribution in [0.2, 0.25) is 0 Å². The summed E-state index contributed by atoms with van der Waals surface area (Å²) in [6.07, 6.45) is 0. The average molecular weight is 321 g/mol. The maximum atomic E-state index is 12.6. The van der Waals surface area contributed by atoms with Crippen molar-refractivity contribution in [2.24, 2.45) is 5.73 Å². The summed E-state index contributed by atoms with van der Waals surface area (Å²) in [5, 5.41) is 2.76. The number of benzene rings is 1. The van der Waals surface area contributed by atoms with E-state index >= 15 is 0 Å². The fourth-order valence-corrected chi connectivity index (χ4v) is 2.49. The van der Waals surface area contributed by atoms with E-state index in [2.05, 4.69) is 5.32 Å². The van der Waals surface area contributed by atoms with E-state index in [0.717, 1.165) is 5.75 Å². The minimum Gasteiger partial charge on any atom is -0.494 e. The van der Waals surface area contributed by atoms with Gasteiger partial charge in [0.15, 0.2) is 0 Å². The molecule has 3 amide bonds. The first-order valence-corrected chi connectivity index (χ1v) is 7.68. The SMILES string of the molecule is CCOc1ccc(C2(C)NC(=O)N(CCOCCN)C2=O)cc1. The van der Waals surface area contributed by atoms with Gasteiger partial charge in [-0.25, -0.2) is 4.79 Å². The molecule has 1 aliphatic heterocycles. The third kappa shape index (κ3) is 3.62. The van der Waals surface area contributed by atoms with Crippen LogP contribution in [0, 0.1) is 0 Å². The maximum Gasteiger partial charge on any atom is 0.325 e. The summed E-state index contributed by atoms with van der Waals surface area (Å²) in [6.45, 7) is 5.46. The van der Waals surface area contributed by atoms with Crippen molar-refractivity contribution in [1.82, 2.24) is 10.2 Å². The lowest BCUT2D eigenvalue weighted by Gasteiger charge is -2.22.